The van der Waals surface area contributed by atoms with E-state index in [1.807, 2.05) is 0 Å². The SMILES string of the molecule is CCCC[N]. The van der Waals surface area contributed by atoms with Gasteiger partial charge in [-0.2, -0.15) is 0 Å². The highest BCUT2D eigenvalue weighted by Crippen LogP contribution is 1.78. The maximum atomic E-state index is 8.07. The van der Waals surface area contributed by atoms with Gasteiger partial charge >= 0.3 is 0 Å². The van der Waals surface area contributed by atoms with Crippen LogP contribution in [0, 0.1) is 0 Å². The third kappa shape index (κ3) is 3.96. The van der Waals surface area contributed by atoms with Gasteiger partial charge in [0.25, 0.3) is 0 Å². The van der Waals surface area contributed by atoms with Gasteiger partial charge in [-0.1, -0.05) is 13.3 Å². The standard InChI is InChI=1S/C4H9N/c1-2-3-4-5/h2-4H2,1H3. The van der Waals surface area contributed by atoms with E-state index in [0.717, 1.165) is 12.8 Å². The molecule has 0 atom stereocenters. The molecule has 0 bridgehead atoms. The number of nitrogens with zero attached hydrogens (tertiary/aromatic N) is 1. The van der Waals surface area contributed by atoms with Crippen molar-refractivity contribution in [2.24, 2.45) is 0 Å². The summed E-state index contributed by atoms with van der Waals surface area (Å²) in [4.78, 5) is 0. The number of rotatable bonds is 2. The molecule has 1 heteroatoms. The van der Waals surface area contributed by atoms with Crippen LogP contribution in [0.25, 0.3) is 0 Å². The van der Waals surface area contributed by atoms with E-state index in [1.165, 1.54) is 0 Å². The summed E-state index contributed by atoms with van der Waals surface area (Å²) < 4.78 is 0. The maximum Gasteiger partial charge on any atom is 0.0321 e. The minimum Gasteiger partial charge on any atom is -0.145 e. The van der Waals surface area contributed by atoms with E-state index in [2.05, 4.69) is 6.92 Å². The Kier molecular flexibility index (Phi) is 3.93. The van der Waals surface area contributed by atoms with Gasteiger partial charge in [-0.25, -0.2) is 0 Å². The van der Waals surface area contributed by atoms with Gasteiger partial charge in [0.05, 0.1) is 0 Å². The largest absolute Gasteiger partial charge is 0.145 e. The monoisotopic (exact) mass is 71.1 g/mol. The number of unbranched alkanes of at least 4 members (excludes halogenated alkanes) is 1. The van der Waals surface area contributed by atoms with Crippen molar-refractivity contribution >= 4 is 0 Å². The molecular formula is C4H9N. The fraction of sp³-hybridized carbons (Fsp3) is 1.00. The molecule has 0 N–H and O–H groups in total. The first-order valence-electron chi connectivity index (χ1n) is 2.02. The lowest BCUT2D eigenvalue weighted by Crippen LogP contribution is -1.79. The summed E-state index contributed by atoms with van der Waals surface area (Å²) in [6, 6.07) is 0. The Morgan fingerprint density at radius 2 is 2.20 bits per heavy atom. The Balaban J connectivity index is 2.19. The summed E-state index contributed by atoms with van der Waals surface area (Å²) in [5.74, 6) is 0. The molecule has 0 aliphatic rings. The van der Waals surface area contributed by atoms with Gasteiger partial charge in [0, 0.05) is 6.54 Å². The normalized spacial score (nSPS) is 8.40. The summed E-state index contributed by atoms with van der Waals surface area (Å²) in [6.07, 6.45) is 2.04. The summed E-state index contributed by atoms with van der Waals surface area (Å²) in [5.41, 5.74) is 8.07. The van der Waals surface area contributed by atoms with Crippen molar-refractivity contribution < 1.29 is 0 Å². The molecule has 0 aliphatic carbocycles. The molecule has 2 radical (unpaired) electrons. The molecule has 30 valence electrons. The van der Waals surface area contributed by atoms with Crippen molar-refractivity contribution in [3.8, 4) is 0 Å². The molecule has 0 saturated carbocycles. The Hall–Kier alpha value is -0.0400. The molecule has 0 heterocycles. The minimum atomic E-state index is 0.344. The predicted octanol–water partition coefficient (Wildman–Crippen LogP) is 0.855. The lowest BCUT2D eigenvalue weighted by Gasteiger charge is -1.77. The van der Waals surface area contributed by atoms with Crippen molar-refractivity contribution in [1.82, 2.24) is 5.73 Å². The van der Waals surface area contributed by atoms with E-state index >= 15 is 0 Å². The minimum absolute atomic E-state index is 0.344. The molecule has 0 unspecified atom stereocenters. The molecule has 0 amide bonds. The second-order valence-corrected chi connectivity index (χ2v) is 1.08. The van der Waals surface area contributed by atoms with Crippen molar-refractivity contribution in [3.63, 3.8) is 0 Å². The number of hydrogen-bond donors (Lipinski definition) is 0. The van der Waals surface area contributed by atoms with Crippen LogP contribution in [0.1, 0.15) is 19.8 Å². The van der Waals surface area contributed by atoms with Crippen LogP contribution in [0.4, 0.5) is 0 Å². The van der Waals surface area contributed by atoms with Crippen LogP contribution in [-0.2, 0) is 0 Å². The zero-order valence-corrected chi connectivity index (χ0v) is 3.57. The quantitative estimate of drug-likeness (QED) is 0.460. The van der Waals surface area contributed by atoms with Crippen LogP contribution in [0.3, 0.4) is 0 Å². The molecule has 5 heavy (non-hydrogen) atoms. The van der Waals surface area contributed by atoms with Crippen LogP contribution in [0.5, 0.6) is 0 Å². The Morgan fingerprint density at radius 3 is 2.20 bits per heavy atom. The predicted molar refractivity (Wildman–Crippen MR) is 21.9 cm³/mol. The highest BCUT2D eigenvalue weighted by Gasteiger charge is 1.70. The first-order valence-corrected chi connectivity index (χ1v) is 2.02. The first-order chi connectivity index (χ1) is 2.41. The fourth-order valence-electron chi connectivity index (χ4n) is 0.158. The van der Waals surface area contributed by atoms with E-state index in [1.54, 1.807) is 0 Å². The van der Waals surface area contributed by atoms with E-state index in [9.17, 15) is 0 Å². The van der Waals surface area contributed by atoms with Gasteiger partial charge in [-0.15, -0.1) is 5.73 Å². The third-order valence-corrected chi connectivity index (χ3v) is 0.512. The second-order valence-electron chi connectivity index (χ2n) is 1.08. The molecular weight excluding hydrogens is 62.1 g/mol. The Bertz CT molecular complexity index is 11.1. The van der Waals surface area contributed by atoms with Gasteiger partial charge in [-0.05, 0) is 6.42 Å². The van der Waals surface area contributed by atoms with Gasteiger partial charge in [-0.3, -0.25) is 0 Å². The molecule has 0 aromatic heterocycles. The summed E-state index contributed by atoms with van der Waals surface area (Å²) in [6.45, 7) is 2.40. The van der Waals surface area contributed by atoms with Crippen molar-refractivity contribution in [1.29, 1.82) is 0 Å². The van der Waals surface area contributed by atoms with Gasteiger partial charge in [0.15, 0.2) is 0 Å². The lowest BCUT2D eigenvalue weighted by molar-refractivity contribution is 0.793. The Labute approximate surface area is 33.2 Å². The highest BCUT2D eigenvalue weighted by molar-refractivity contribution is 4.28. The fourth-order valence-corrected chi connectivity index (χ4v) is 0.158. The highest BCUT2D eigenvalue weighted by atomic mass is 14.5. The van der Waals surface area contributed by atoms with Crippen LogP contribution in [0.15, 0.2) is 0 Å². The topological polar surface area (TPSA) is 22.3 Å². The lowest BCUT2D eigenvalue weighted by atomic mass is 10.3. The molecule has 0 saturated heterocycles. The molecule has 0 spiro atoms. The number of hydrogen-bond acceptors (Lipinski definition) is 0. The van der Waals surface area contributed by atoms with Crippen LogP contribution < -0.4 is 5.73 Å². The van der Waals surface area contributed by atoms with Gasteiger partial charge in [0.1, 0.15) is 0 Å². The summed E-state index contributed by atoms with van der Waals surface area (Å²) >= 11 is 0. The van der Waals surface area contributed by atoms with E-state index in [4.69, 9.17) is 5.73 Å². The van der Waals surface area contributed by atoms with E-state index in [0.29, 0.717) is 6.54 Å². The average Bonchev–Trinajstić information content (AvgIpc) is 1.41. The Morgan fingerprint density at radius 1 is 1.60 bits per heavy atom. The zero-order valence-electron chi connectivity index (χ0n) is 3.57. The van der Waals surface area contributed by atoms with Crippen molar-refractivity contribution in [3.05, 3.63) is 0 Å². The van der Waals surface area contributed by atoms with Crippen LogP contribution in [-0.4, -0.2) is 6.54 Å². The van der Waals surface area contributed by atoms with Gasteiger partial charge in [0.2, 0.25) is 0 Å². The second kappa shape index (κ2) is 3.96. The maximum absolute atomic E-state index is 8.07. The smallest absolute Gasteiger partial charge is 0.0321 e. The molecule has 0 rings (SSSR count). The van der Waals surface area contributed by atoms with Crippen molar-refractivity contribution in [2.45, 2.75) is 19.8 Å². The van der Waals surface area contributed by atoms with E-state index < -0.39 is 0 Å². The molecule has 0 aromatic carbocycles. The zero-order chi connectivity index (χ0) is 4.12. The molecule has 0 aliphatic heterocycles. The third-order valence-electron chi connectivity index (χ3n) is 0.512. The van der Waals surface area contributed by atoms with E-state index in [-0.39, 0.29) is 0 Å². The van der Waals surface area contributed by atoms with Crippen molar-refractivity contribution in [2.75, 3.05) is 6.54 Å². The van der Waals surface area contributed by atoms with Crippen LogP contribution >= 0.6 is 0 Å². The van der Waals surface area contributed by atoms with Gasteiger partial charge < -0.3 is 0 Å². The summed E-state index contributed by atoms with van der Waals surface area (Å²) in [7, 11) is 0. The van der Waals surface area contributed by atoms with Crippen LogP contribution in [0.2, 0.25) is 0 Å². The summed E-state index contributed by atoms with van der Waals surface area (Å²) in [5, 5.41) is 0. The average molecular weight is 71.1 g/mol. The molecule has 1 nitrogen and oxygen atoms in total. The molecule has 0 fully saturated rings. The first kappa shape index (κ1) is 4.96. The molecule has 0 aromatic rings.